The molecule has 0 heterocycles. The van der Waals surface area contributed by atoms with Crippen molar-refractivity contribution in [3.05, 3.63) is 58.1 Å². The van der Waals surface area contributed by atoms with Crippen LogP contribution in [0.3, 0.4) is 0 Å². The minimum absolute atomic E-state index is 0.0718. The number of carbonyl (C=O) groups excluding carboxylic acids is 2. The highest BCUT2D eigenvalue weighted by molar-refractivity contribution is 9.10. The van der Waals surface area contributed by atoms with Gasteiger partial charge in [0.25, 0.3) is 0 Å². The SMILES string of the molecule is Cc1cc(Br)ccc1NC(=O)CN(C)[C@@H](C)C(=O)Nc1cccc(C#N)c1. The van der Waals surface area contributed by atoms with E-state index in [9.17, 15) is 9.59 Å². The maximum Gasteiger partial charge on any atom is 0.241 e. The number of rotatable bonds is 6. The summed E-state index contributed by atoms with van der Waals surface area (Å²) in [6, 6.07) is 13.8. The van der Waals surface area contributed by atoms with Gasteiger partial charge < -0.3 is 10.6 Å². The molecular formula is C20H21BrN4O2. The molecule has 0 unspecified atom stereocenters. The molecule has 0 saturated heterocycles. The second-order valence-corrected chi connectivity index (χ2v) is 7.20. The molecule has 0 fully saturated rings. The molecule has 7 heteroatoms. The van der Waals surface area contributed by atoms with Gasteiger partial charge in [-0.1, -0.05) is 22.0 Å². The van der Waals surface area contributed by atoms with Gasteiger partial charge in [0.05, 0.1) is 24.2 Å². The first-order valence-corrected chi connectivity index (χ1v) is 9.16. The predicted octanol–water partition coefficient (Wildman–Crippen LogP) is 3.53. The summed E-state index contributed by atoms with van der Waals surface area (Å²) in [6.07, 6.45) is 0. The zero-order valence-electron chi connectivity index (χ0n) is 15.4. The molecule has 0 saturated carbocycles. The van der Waals surface area contributed by atoms with Gasteiger partial charge in [-0.15, -0.1) is 0 Å². The fourth-order valence-electron chi connectivity index (χ4n) is 2.43. The predicted molar refractivity (Wildman–Crippen MR) is 109 cm³/mol. The van der Waals surface area contributed by atoms with E-state index >= 15 is 0 Å². The summed E-state index contributed by atoms with van der Waals surface area (Å²) in [5.74, 6) is -0.450. The number of halogens is 1. The number of nitrogens with one attached hydrogen (secondary N) is 2. The molecular weight excluding hydrogens is 408 g/mol. The number of nitrogens with zero attached hydrogens (tertiary/aromatic N) is 2. The lowest BCUT2D eigenvalue weighted by Crippen LogP contribution is -2.43. The lowest BCUT2D eigenvalue weighted by molar-refractivity contribution is -0.122. The molecule has 2 amide bonds. The number of hydrogen-bond donors (Lipinski definition) is 2. The van der Waals surface area contributed by atoms with Gasteiger partial charge in [0, 0.05) is 15.8 Å². The third-order valence-electron chi connectivity index (χ3n) is 4.16. The van der Waals surface area contributed by atoms with E-state index in [0.717, 1.165) is 15.7 Å². The van der Waals surface area contributed by atoms with E-state index in [4.69, 9.17) is 5.26 Å². The lowest BCUT2D eigenvalue weighted by Gasteiger charge is -2.23. The standard InChI is InChI=1S/C20H21BrN4O2/c1-13-9-16(21)7-8-18(13)24-19(26)12-25(3)14(2)20(27)23-17-6-4-5-15(10-17)11-22/h4-10,14H,12H2,1-3H3,(H,23,27)(H,24,26)/t14-/m0/s1. The number of amides is 2. The van der Waals surface area contributed by atoms with Crippen LogP contribution in [-0.2, 0) is 9.59 Å². The summed E-state index contributed by atoms with van der Waals surface area (Å²) in [5.41, 5.74) is 2.71. The summed E-state index contributed by atoms with van der Waals surface area (Å²) in [4.78, 5) is 26.4. The molecule has 0 aliphatic carbocycles. The average molecular weight is 429 g/mol. The quantitative estimate of drug-likeness (QED) is 0.736. The van der Waals surface area contributed by atoms with Gasteiger partial charge in [-0.2, -0.15) is 5.26 Å². The van der Waals surface area contributed by atoms with Crippen molar-refractivity contribution in [2.75, 3.05) is 24.2 Å². The van der Waals surface area contributed by atoms with Gasteiger partial charge in [0.15, 0.2) is 0 Å². The van der Waals surface area contributed by atoms with Crippen molar-refractivity contribution >= 4 is 39.1 Å². The first-order chi connectivity index (χ1) is 12.8. The molecule has 1 atom stereocenters. The Labute approximate surface area is 167 Å². The molecule has 2 aromatic carbocycles. The number of anilines is 2. The molecule has 0 aromatic heterocycles. The Balaban J connectivity index is 1.93. The Bertz CT molecular complexity index is 892. The van der Waals surface area contributed by atoms with Crippen LogP contribution < -0.4 is 10.6 Å². The van der Waals surface area contributed by atoms with E-state index < -0.39 is 6.04 Å². The van der Waals surface area contributed by atoms with E-state index in [2.05, 4.69) is 26.6 Å². The first-order valence-electron chi connectivity index (χ1n) is 8.37. The van der Waals surface area contributed by atoms with Crippen molar-refractivity contribution in [1.82, 2.24) is 4.90 Å². The van der Waals surface area contributed by atoms with Crippen molar-refractivity contribution < 1.29 is 9.59 Å². The molecule has 140 valence electrons. The normalized spacial score (nSPS) is 11.6. The molecule has 0 aliphatic rings. The topological polar surface area (TPSA) is 85.2 Å². The molecule has 0 aliphatic heterocycles. The zero-order chi connectivity index (χ0) is 20.0. The fraction of sp³-hybridized carbons (Fsp3) is 0.250. The number of benzene rings is 2. The van der Waals surface area contributed by atoms with Crippen LogP contribution in [0, 0.1) is 18.3 Å². The highest BCUT2D eigenvalue weighted by atomic mass is 79.9. The Hall–Kier alpha value is -2.69. The third kappa shape index (κ3) is 5.91. The molecule has 0 bridgehead atoms. The Morgan fingerprint density at radius 2 is 1.96 bits per heavy atom. The highest BCUT2D eigenvalue weighted by Crippen LogP contribution is 2.20. The summed E-state index contributed by atoms with van der Waals surface area (Å²) in [5, 5.41) is 14.6. The van der Waals surface area contributed by atoms with Crippen LogP contribution in [0.25, 0.3) is 0 Å². The minimum Gasteiger partial charge on any atom is -0.325 e. The molecule has 2 N–H and O–H groups in total. The van der Waals surface area contributed by atoms with Gasteiger partial charge in [-0.05, 0) is 62.9 Å². The average Bonchev–Trinajstić information content (AvgIpc) is 2.63. The number of nitriles is 1. The van der Waals surface area contributed by atoms with Crippen molar-refractivity contribution in [2.24, 2.45) is 0 Å². The Morgan fingerprint density at radius 1 is 1.22 bits per heavy atom. The largest absolute Gasteiger partial charge is 0.325 e. The van der Waals surface area contributed by atoms with Gasteiger partial charge in [-0.3, -0.25) is 14.5 Å². The van der Waals surface area contributed by atoms with Crippen molar-refractivity contribution in [2.45, 2.75) is 19.9 Å². The van der Waals surface area contributed by atoms with Gasteiger partial charge in [0.2, 0.25) is 11.8 Å². The highest BCUT2D eigenvalue weighted by Gasteiger charge is 2.20. The van der Waals surface area contributed by atoms with E-state index in [1.165, 1.54) is 0 Å². The van der Waals surface area contributed by atoms with E-state index in [-0.39, 0.29) is 18.4 Å². The number of likely N-dealkylation sites (N-methyl/N-ethyl adjacent to an activating group) is 1. The van der Waals surface area contributed by atoms with Crippen LogP contribution in [0.15, 0.2) is 46.9 Å². The smallest absolute Gasteiger partial charge is 0.241 e. The zero-order valence-corrected chi connectivity index (χ0v) is 17.0. The maximum atomic E-state index is 12.4. The van der Waals surface area contributed by atoms with Crippen LogP contribution >= 0.6 is 15.9 Å². The number of aryl methyl sites for hydroxylation is 1. The third-order valence-corrected chi connectivity index (χ3v) is 4.65. The van der Waals surface area contributed by atoms with Crippen molar-refractivity contribution in [3.63, 3.8) is 0 Å². The second kappa shape index (κ2) is 9.31. The second-order valence-electron chi connectivity index (χ2n) is 6.28. The molecule has 27 heavy (non-hydrogen) atoms. The van der Waals surface area contributed by atoms with Crippen LogP contribution in [0.2, 0.25) is 0 Å². The summed E-state index contributed by atoms with van der Waals surface area (Å²) in [7, 11) is 1.71. The molecule has 0 radical (unpaired) electrons. The first kappa shape index (κ1) is 20.6. The van der Waals surface area contributed by atoms with E-state index in [1.54, 1.807) is 43.1 Å². The molecule has 2 aromatic rings. The number of carbonyl (C=O) groups is 2. The van der Waals surface area contributed by atoms with E-state index in [0.29, 0.717) is 11.3 Å². The fourth-order valence-corrected chi connectivity index (χ4v) is 2.91. The number of hydrogen-bond acceptors (Lipinski definition) is 4. The monoisotopic (exact) mass is 428 g/mol. The summed E-state index contributed by atoms with van der Waals surface area (Å²) < 4.78 is 0.945. The maximum absolute atomic E-state index is 12.4. The van der Waals surface area contributed by atoms with Crippen LogP contribution in [0.5, 0.6) is 0 Å². The molecule has 0 spiro atoms. The summed E-state index contributed by atoms with van der Waals surface area (Å²) >= 11 is 3.39. The van der Waals surface area contributed by atoms with Crippen LogP contribution in [-0.4, -0.2) is 36.3 Å². The van der Waals surface area contributed by atoms with Crippen LogP contribution in [0.1, 0.15) is 18.1 Å². The Morgan fingerprint density at radius 3 is 2.63 bits per heavy atom. The lowest BCUT2D eigenvalue weighted by atomic mass is 10.2. The van der Waals surface area contributed by atoms with Gasteiger partial charge in [0.1, 0.15) is 0 Å². The molecule has 2 rings (SSSR count). The Kier molecular flexibility index (Phi) is 7.11. The van der Waals surface area contributed by atoms with Crippen LogP contribution in [0.4, 0.5) is 11.4 Å². The molecule has 6 nitrogen and oxygen atoms in total. The minimum atomic E-state index is -0.521. The summed E-state index contributed by atoms with van der Waals surface area (Å²) in [6.45, 7) is 3.71. The van der Waals surface area contributed by atoms with Crippen molar-refractivity contribution in [1.29, 1.82) is 5.26 Å². The van der Waals surface area contributed by atoms with Gasteiger partial charge in [-0.25, -0.2) is 0 Å². The van der Waals surface area contributed by atoms with E-state index in [1.807, 2.05) is 31.2 Å². The van der Waals surface area contributed by atoms with Gasteiger partial charge >= 0.3 is 0 Å². The van der Waals surface area contributed by atoms with Crippen molar-refractivity contribution in [3.8, 4) is 6.07 Å².